The van der Waals surface area contributed by atoms with E-state index in [9.17, 15) is 17.6 Å². The predicted octanol–water partition coefficient (Wildman–Crippen LogP) is 4.23. The van der Waals surface area contributed by atoms with Gasteiger partial charge in [-0.2, -0.15) is 0 Å². The van der Waals surface area contributed by atoms with E-state index in [0.717, 1.165) is 0 Å². The number of hydrogen-bond acceptors (Lipinski definition) is 3. The number of carbonyl (C=O) groups is 1. The minimum Gasteiger partial charge on any atom is -0.337 e. The molecule has 0 aromatic heterocycles. The van der Waals surface area contributed by atoms with Crippen molar-refractivity contribution >= 4 is 21.6 Å². The van der Waals surface area contributed by atoms with E-state index in [1.807, 2.05) is 0 Å². The second-order valence-corrected chi connectivity index (χ2v) is 9.01. The third kappa shape index (κ3) is 4.36. The molecule has 1 amide bonds. The number of benzene rings is 3. The molecule has 156 valence electrons. The zero-order valence-electron chi connectivity index (χ0n) is 17.0. The Labute approximate surface area is 176 Å². The summed E-state index contributed by atoms with van der Waals surface area (Å²) in [6, 6.07) is 19.3. The molecule has 0 aliphatic carbocycles. The van der Waals surface area contributed by atoms with E-state index in [-0.39, 0.29) is 23.2 Å². The maximum absolute atomic E-state index is 13.9. The lowest BCUT2D eigenvalue weighted by Gasteiger charge is -2.23. The quantitative estimate of drug-likeness (QED) is 0.593. The van der Waals surface area contributed by atoms with Crippen LogP contribution in [-0.2, 0) is 16.6 Å². The van der Waals surface area contributed by atoms with Gasteiger partial charge in [0.15, 0.2) is 0 Å². The Bertz CT molecular complexity index is 1160. The smallest absolute Gasteiger partial charge is 0.264 e. The number of nitrogens with zero attached hydrogens (tertiary/aromatic N) is 2. The molecular weight excluding hydrogens is 403 g/mol. The number of halogens is 1. The molecule has 0 heterocycles. The summed E-state index contributed by atoms with van der Waals surface area (Å²) in [5, 5.41) is 0. The van der Waals surface area contributed by atoms with Crippen LogP contribution in [0.2, 0.25) is 0 Å². The number of amides is 1. The van der Waals surface area contributed by atoms with Crippen LogP contribution in [0.1, 0.15) is 21.5 Å². The Morgan fingerprint density at radius 1 is 0.933 bits per heavy atom. The number of hydrogen-bond donors (Lipinski definition) is 0. The molecule has 0 atom stereocenters. The second kappa shape index (κ2) is 8.67. The first-order valence-electron chi connectivity index (χ1n) is 9.35. The molecule has 0 N–H and O–H groups in total. The normalized spacial score (nSPS) is 11.2. The van der Waals surface area contributed by atoms with Crippen molar-refractivity contribution in [1.29, 1.82) is 0 Å². The van der Waals surface area contributed by atoms with Gasteiger partial charge < -0.3 is 4.90 Å². The van der Waals surface area contributed by atoms with Gasteiger partial charge in [-0.3, -0.25) is 9.10 Å². The van der Waals surface area contributed by atoms with Crippen LogP contribution in [0.5, 0.6) is 0 Å². The van der Waals surface area contributed by atoms with Crippen molar-refractivity contribution in [2.45, 2.75) is 18.4 Å². The van der Waals surface area contributed by atoms with Gasteiger partial charge in [0.05, 0.1) is 10.6 Å². The number of rotatable bonds is 6. The van der Waals surface area contributed by atoms with Gasteiger partial charge in [-0.1, -0.05) is 42.5 Å². The van der Waals surface area contributed by atoms with E-state index in [1.54, 1.807) is 68.6 Å². The number of carbonyl (C=O) groups excluding carboxylic acids is 1. The lowest BCUT2D eigenvalue weighted by atomic mass is 10.1. The Balaban J connectivity index is 1.89. The van der Waals surface area contributed by atoms with Crippen molar-refractivity contribution in [2.75, 3.05) is 18.4 Å². The summed E-state index contributed by atoms with van der Waals surface area (Å²) in [4.78, 5) is 14.5. The van der Waals surface area contributed by atoms with Crippen molar-refractivity contribution in [3.63, 3.8) is 0 Å². The second-order valence-electron chi connectivity index (χ2n) is 7.04. The molecule has 0 bridgehead atoms. The fourth-order valence-electron chi connectivity index (χ4n) is 3.14. The summed E-state index contributed by atoms with van der Waals surface area (Å²) in [6.45, 7) is 1.89. The highest BCUT2D eigenvalue weighted by atomic mass is 32.2. The summed E-state index contributed by atoms with van der Waals surface area (Å²) in [7, 11) is -0.730. The first kappa shape index (κ1) is 21.5. The topological polar surface area (TPSA) is 57.7 Å². The molecule has 7 heteroatoms. The van der Waals surface area contributed by atoms with E-state index < -0.39 is 10.0 Å². The number of anilines is 1. The monoisotopic (exact) mass is 426 g/mol. The van der Waals surface area contributed by atoms with Gasteiger partial charge in [0.1, 0.15) is 5.82 Å². The van der Waals surface area contributed by atoms with Crippen molar-refractivity contribution < 1.29 is 17.6 Å². The van der Waals surface area contributed by atoms with Crippen LogP contribution in [0.4, 0.5) is 10.1 Å². The average Bonchev–Trinajstić information content (AvgIpc) is 2.75. The molecule has 0 radical (unpaired) electrons. The summed E-state index contributed by atoms with van der Waals surface area (Å²) in [5.74, 6) is -0.708. The maximum Gasteiger partial charge on any atom is 0.264 e. The molecule has 5 nitrogen and oxygen atoms in total. The largest absolute Gasteiger partial charge is 0.337 e. The van der Waals surface area contributed by atoms with Crippen LogP contribution in [0.3, 0.4) is 0 Å². The molecule has 0 spiro atoms. The van der Waals surface area contributed by atoms with E-state index in [2.05, 4.69) is 0 Å². The zero-order valence-corrected chi connectivity index (χ0v) is 17.9. The highest BCUT2D eigenvalue weighted by Gasteiger charge is 2.24. The van der Waals surface area contributed by atoms with E-state index in [4.69, 9.17) is 0 Å². The van der Waals surface area contributed by atoms with Gasteiger partial charge in [0.25, 0.3) is 15.9 Å². The van der Waals surface area contributed by atoms with Gasteiger partial charge in [0, 0.05) is 31.8 Å². The van der Waals surface area contributed by atoms with Crippen LogP contribution in [0.25, 0.3) is 0 Å². The summed E-state index contributed by atoms with van der Waals surface area (Å²) in [6.07, 6.45) is 0. The van der Waals surface area contributed by atoms with Crippen molar-refractivity contribution in [3.05, 3.63) is 95.3 Å². The van der Waals surface area contributed by atoms with Crippen LogP contribution in [-0.4, -0.2) is 33.3 Å². The first-order chi connectivity index (χ1) is 14.2. The summed E-state index contributed by atoms with van der Waals surface area (Å²) in [5.41, 5.74) is 1.85. The third-order valence-electron chi connectivity index (χ3n) is 4.91. The van der Waals surface area contributed by atoms with Gasteiger partial charge in [-0.25, -0.2) is 12.8 Å². The number of aryl methyl sites for hydroxylation is 1. The molecule has 0 aliphatic heterocycles. The first-order valence-corrected chi connectivity index (χ1v) is 10.8. The predicted molar refractivity (Wildman–Crippen MR) is 115 cm³/mol. The van der Waals surface area contributed by atoms with Crippen LogP contribution < -0.4 is 4.31 Å². The van der Waals surface area contributed by atoms with Crippen molar-refractivity contribution in [3.8, 4) is 0 Å². The molecule has 0 fully saturated rings. The Morgan fingerprint density at radius 3 is 2.23 bits per heavy atom. The fourth-order valence-corrected chi connectivity index (χ4v) is 4.41. The van der Waals surface area contributed by atoms with Gasteiger partial charge in [-0.15, -0.1) is 0 Å². The number of sulfonamides is 1. The molecule has 3 rings (SSSR count). The highest BCUT2D eigenvalue weighted by molar-refractivity contribution is 7.92. The standard InChI is InChI=1S/C23H23FN2O3S/c1-17-13-14-18(23(27)25(2)16-19-9-7-8-12-21(19)24)15-22(17)26(3)30(28,29)20-10-5-4-6-11-20/h4-15H,16H2,1-3H3. The Kier molecular flexibility index (Phi) is 6.22. The summed E-state index contributed by atoms with van der Waals surface area (Å²) < 4.78 is 41.0. The zero-order chi connectivity index (χ0) is 21.9. The lowest BCUT2D eigenvalue weighted by Crippen LogP contribution is -2.29. The van der Waals surface area contributed by atoms with E-state index in [1.165, 1.54) is 34.5 Å². The molecule has 0 unspecified atom stereocenters. The van der Waals surface area contributed by atoms with Gasteiger partial charge in [-0.05, 0) is 42.8 Å². The van der Waals surface area contributed by atoms with E-state index >= 15 is 0 Å². The van der Waals surface area contributed by atoms with Gasteiger partial charge in [0.2, 0.25) is 0 Å². The molecule has 30 heavy (non-hydrogen) atoms. The Morgan fingerprint density at radius 2 is 1.57 bits per heavy atom. The van der Waals surface area contributed by atoms with Crippen LogP contribution in [0, 0.1) is 12.7 Å². The molecule has 0 saturated carbocycles. The SMILES string of the molecule is Cc1ccc(C(=O)N(C)Cc2ccccc2F)cc1N(C)S(=O)(=O)c1ccccc1. The minimum atomic E-state index is -3.77. The van der Waals surface area contributed by atoms with Crippen molar-refractivity contribution in [1.82, 2.24) is 4.90 Å². The minimum absolute atomic E-state index is 0.104. The maximum atomic E-state index is 13.9. The molecule has 3 aromatic rings. The summed E-state index contributed by atoms with van der Waals surface area (Å²) >= 11 is 0. The average molecular weight is 427 g/mol. The van der Waals surface area contributed by atoms with Crippen LogP contribution in [0.15, 0.2) is 77.7 Å². The van der Waals surface area contributed by atoms with E-state index in [0.29, 0.717) is 22.4 Å². The molecular formula is C23H23FN2O3S. The third-order valence-corrected chi connectivity index (χ3v) is 6.69. The van der Waals surface area contributed by atoms with Gasteiger partial charge >= 0.3 is 0 Å². The van der Waals surface area contributed by atoms with Crippen LogP contribution >= 0.6 is 0 Å². The lowest BCUT2D eigenvalue weighted by molar-refractivity contribution is 0.0784. The highest BCUT2D eigenvalue weighted by Crippen LogP contribution is 2.27. The fraction of sp³-hybridized carbons (Fsp3) is 0.174. The van der Waals surface area contributed by atoms with Crippen molar-refractivity contribution in [2.24, 2.45) is 0 Å². The molecule has 3 aromatic carbocycles. The molecule has 0 saturated heterocycles. The Hall–Kier alpha value is -3.19. The molecule has 0 aliphatic rings.